The average Bonchev–Trinajstić information content (AvgIpc) is 2.92. The molecule has 1 aliphatic heterocycles. The van der Waals surface area contributed by atoms with E-state index in [1.54, 1.807) is 6.92 Å². The molecule has 0 aliphatic carbocycles. The van der Waals surface area contributed by atoms with E-state index in [0.29, 0.717) is 13.2 Å². The van der Waals surface area contributed by atoms with Gasteiger partial charge in [0.25, 0.3) is 5.91 Å². The molecule has 30 heavy (non-hydrogen) atoms. The maximum atomic E-state index is 13.1. The Morgan fingerprint density at radius 3 is 2.27 bits per heavy atom. The lowest BCUT2D eigenvalue weighted by Gasteiger charge is -2.26. The standard InChI is InChI=1S/C24H31N3O3/c1-23(2,3)18-11-13-19(14-12-18)24(4)21(28)27(22(29)25-24)17-26(5)15-16-30-20-9-7-6-8-10-20/h6-14H,15-17H2,1-5H3,(H,25,29). The summed E-state index contributed by atoms with van der Waals surface area (Å²) in [4.78, 5) is 28.9. The first kappa shape index (κ1) is 21.8. The van der Waals surface area contributed by atoms with Crippen LogP contribution in [-0.4, -0.2) is 48.6 Å². The van der Waals surface area contributed by atoms with Gasteiger partial charge >= 0.3 is 6.03 Å². The van der Waals surface area contributed by atoms with Gasteiger partial charge in [0.2, 0.25) is 0 Å². The number of carbonyl (C=O) groups excluding carboxylic acids is 2. The minimum atomic E-state index is -1.06. The fourth-order valence-corrected chi connectivity index (χ4v) is 3.47. The van der Waals surface area contributed by atoms with Crippen molar-refractivity contribution in [1.29, 1.82) is 0 Å². The van der Waals surface area contributed by atoms with Crippen LogP contribution >= 0.6 is 0 Å². The summed E-state index contributed by atoms with van der Waals surface area (Å²) in [6, 6.07) is 17.1. The molecule has 6 heteroatoms. The number of rotatable bonds is 7. The van der Waals surface area contributed by atoms with E-state index in [1.165, 1.54) is 10.5 Å². The quantitative estimate of drug-likeness (QED) is 0.708. The number of benzene rings is 2. The molecule has 2 aromatic carbocycles. The maximum Gasteiger partial charge on any atom is 0.326 e. The van der Waals surface area contributed by atoms with Crippen molar-refractivity contribution in [3.05, 3.63) is 65.7 Å². The zero-order valence-electron chi connectivity index (χ0n) is 18.4. The summed E-state index contributed by atoms with van der Waals surface area (Å²) in [5.41, 5.74) is 0.932. The van der Waals surface area contributed by atoms with Crippen LogP contribution in [0.1, 0.15) is 38.8 Å². The molecule has 0 aromatic heterocycles. The Kier molecular flexibility index (Phi) is 6.17. The topological polar surface area (TPSA) is 61.9 Å². The van der Waals surface area contributed by atoms with Gasteiger partial charge in [-0.2, -0.15) is 0 Å². The Balaban J connectivity index is 1.62. The van der Waals surface area contributed by atoms with E-state index in [1.807, 2.05) is 66.5 Å². The third kappa shape index (κ3) is 4.65. The molecule has 1 aliphatic rings. The van der Waals surface area contributed by atoms with E-state index in [4.69, 9.17) is 4.74 Å². The first-order valence-electron chi connectivity index (χ1n) is 10.2. The van der Waals surface area contributed by atoms with Gasteiger partial charge in [0, 0.05) is 6.54 Å². The number of carbonyl (C=O) groups is 2. The lowest BCUT2D eigenvalue weighted by atomic mass is 9.84. The van der Waals surface area contributed by atoms with Crippen molar-refractivity contribution in [2.24, 2.45) is 0 Å². The zero-order valence-corrected chi connectivity index (χ0v) is 18.4. The predicted molar refractivity (Wildman–Crippen MR) is 117 cm³/mol. The van der Waals surface area contributed by atoms with Crippen LogP contribution in [0, 0.1) is 0 Å². The highest BCUT2D eigenvalue weighted by molar-refractivity contribution is 6.07. The second kappa shape index (κ2) is 8.48. The molecule has 2 aromatic rings. The molecule has 0 spiro atoms. The smallest absolute Gasteiger partial charge is 0.326 e. The number of imide groups is 1. The van der Waals surface area contributed by atoms with Crippen molar-refractivity contribution in [2.75, 3.05) is 26.9 Å². The van der Waals surface area contributed by atoms with Crippen molar-refractivity contribution in [1.82, 2.24) is 15.1 Å². The Labute approximate surface area is 178 Å². The van der Waals surface area contributed by atoms with Crippen LogP contribution in [0.2, 0.25) is 0 Å². The number of nitrogens with zero attached hydrogens (tertiary/aromatic N) is 2. The van der Waals surface area contributed by atoms with Crippen LogP contribution in [0.3, 0.4) is 0 Å². The van der Waals surface area contributed by atoms with Gasteiger partial charge in [-0.25, -0.2) is 9.69 Å². The molecular weight excluding hydrogens is 378 g/mol. The number of hydrogen-bond acceptors (Lipinski definition) is 4. The zero-order chi connectivity index (χ0) is 21.9. The van der Waals surface area contributed by atoms with Crippen molar-refractivity contribution in [2.45, 2.75) is 38.6 Å². The third-order valence-electron chi connectivity index (χ3n) is 5.47. The lowest BCUT2D eigenvalue weighted by molar-refractivity contribution is -0.132. The second-order valence-electron chi connectivity index (χ2n) is 9.00. The molecule has 160 valence electrons. The van der Waals surface area contributed by atoms with Crippen LogP contribution < -0.4 is 10.1 Å². The molecule has 0 radical (unpaired) electrons. The highest BCUT2D eigenvalue weighted by atomic mass is 16.5. The summed E-state index contributed by atoms with van der Waals surface area (Å²) in [5.74, 6) is 0.555. The SMILES string of the molecule is CN(CCOc1ccccc1)CN1C(=O)NC(C)(c2ccc(C(C)(C)C)cc2)C1=O. The highest BCUT2D eigenvalue weighted by Gasteiger charge is 2.49. The van der Waals surface area contributed by atoms with Gasteiger partial charge in [0.05, 0.1) is 6.67 Å². The highest BCUT2D eigenvalue weighted by Crippen LogP contribution is 2.31. The number of urea groups is 1. The Bertz CT molecular complexity index is 890. The second-order valence-corrected chi connectivity index (χ2v) is 9.00. The van der Waals surface area contributed by atoms with E-state index in [0.717, 1.165) is 11.3 Å². The maximum absolute atomic E-state index is 13.1. The first-order chi connectivity index (χ1) is 14.1. The summed E-state index contributed by atoms with van der Waals surface area (Å²) in [6.45, 7) is 9.46. The largest absolute Gasteiger partial charge is 0.492 e. The molecule has 1 fully saturated rings. The first-order valence-corrected chi connectivity index (χ1v) is 10.2. The van der Waals surface area contributed by atoms with Gasteiger partial charge in [-0.1, -0.05) is 63.2 Å². The fourth-order valence-electron chi connectivity index (χ4n) is 3.47. The van der Waals surface area contributed by atoms with E-state index in [-0.39, 0.29) is 24.0 Å². The van der Waals surface area contributed by atoms with E-state index in [2.05, 4.69) is 26.1 Å². The summed E-state index contributed by atoms with van der Waals surface area (Å²) < 4.78 is 5.70. The molecule has 1 N–H and O–H groups in total. The van der Waals surface area contributed by atoms with Gasteiger partial charge in [0.1, 0.15) is 17.9 Å². The van der Waals surface area contributed by atoms with E-state index in [9.17, 15) is 9.59 Å². The third-order valence-corrected chi connectivity index (χ3v) is 5.47. The average molecular weight is 410 g/mol. The Hall–Kier alpha value is -2.86. The van der Waals surface area contributed by atoms with E-state index >= 15 is 0 Å². The number of likely N-dealkylation sites (N-methyl/N-ethyl adjacent to an activating group) is 1. The molecule has 1 unspecified atom stereocenters. The Morgan fingerprint density at radius 2 is 1.67 bits per heavy atom. The number of amides is 3. The van der Waals surface area contributed by atoms with Gasteiger partial charge in [-0.3, -0.25) is 9.69 Å². The normalized spacial score (nSPS) is 19.3. The van der Waals surface area contributed by atoms with Gasteiger partial charge in [-0.05, 0) is 42.6 Å². The number of ether oxygens (including phenoxy) is 1. The van der Waals surface area contributed by atoms with Crippen molar-refractivity contribution in [3.63, 3.8) is 0 Å². The number of para-hydroxylation sites is 1. The summed E-state index contributed by atoms with van der Waals surface area (Å²) >= 11 is 0. The number of hydrogen-bond donors (Lipinski definition) is 1. The number of nitrogens with one attached hydrogen (secondary N) is 1. The van der Waals surface area contributed by atoms with Crippen LogP contribution in [-0.2, 0) is 15.7 Å². The van der Waals surface area contributed by atoms with Crippen molar-refractivity contribution < 1.29 is 14.3 Å². The molecule has 3 amide bonds. The molecule has 1 saturated heterocycles. The van der Waals surface area contributed by atoms with Crippen LogP contribution in [0.4, 0.5) is 4.79 Å². The van der Waals surface area contributed by atoms with Crippen molar-refractivity contribution >= 4 is 11.9 Å². The van der Waals surface area contributed by atoms with E-state index < -0.39 is 5.54 Å². The predicted octanol–water partition coefficient (Wildman–Crippen LogP) is 3.72. The minimum Gasteiger partial charge on any atom is -0.492 e. The van der Waals surface area contributed by atoms with Gasteiger partial charge in [0.15, 0.2) is 0 Å². The summed E-state index contributed by atoms with van der Waals surface area (Å²) in [6.07, 6.45) is 0. The van der Waals surface area contributed by atoms with Crippen LogP contribution in [0.25, 0.3) is 0 Å². The molecule has 0 bridgehead atoms. The summed E-state index contributed by atoms with van der Waals surface area (Å²) in [5, 5.41) is 2.87. The fraction of sp³-hybridized carbons (Fsp3) is 0.417. The molecule has 1 atom stereocenters. The molecule has 0 saturated carbocycles. The molecule has 6 nitrogen and oxygen atoms in total. The monoisotopic (exact) mass is 409 g/mol. The molecule has 1 heterocycles. The van der Waals surface area contributed by atoms with Gasteiger partial charge in [-0.15, -0.1) is 0 Å². The van der Waals surface area contributed by atoms with Gasteiger partial charge < -0.3 is 10.1 Å². The molecule has 3 rings (SSSR count). The van der Waals surface area contributed by atoms with Crippen LogP contribution in [0.5, 0.6) is 5.75 Å². The lowest BCUT2D eigenvalue weighted by Crippen LogP contribution is -2.43. The minimum absolute atomic E-state index is 0.0267. The van der Waals surface area contributed by atoms with Crippen LogP contribution in [0.15, 0.2) is 54.6 Å². The molecular formula is C24H31N3O3. The Morgan fingerprint density at radius 1 is 1.03 bits per heavy atom. The summed E-state index contributed by atoms with van der Waals surface area (Å²) in [7, 11) is 1.86. The van der Waals surface area contributed by atoms with Crippen molar-refractivity contribution in [3.8, 4) is 5.75 Å².